The normalized spacial score (nSPS) is 11.7. The van der Waals surface area contributed by atoms with Gasteiger partial charge in [-0.25, -0.2) is 13.4 Å². The SMILES string of the molecule is CCOc1ccc2nc(NS(=O)(=O)c3ccc(Br)s3)sc2c1. The summed E-state index contributed by atoms with van der Waals surface area (Å²) in [4.78, 5) is 4.30. The summed E-state index contributed by atoms with van der Waals surface area (Å²) in [6.07, 6.45) is 0. The largest absolute Gasteiger partial charge is 0.494 e. The lowest BCUT2D eigenvalue weighted by molar-refractivity contribution is 0.341. The number of benzene rings is 1. The first-order chi connectivity index (χ1) is 10.5. The van der Waals surface area contributed by atoms with Gasteiger partial charge in [0, 0.05) is 0 Å². The zero-order valence-corrected chi connectivity index (χ0v) is 15.4. The zero-order valence-electron chi connectivity index (χ0n) is 11.4. The molecule has 0 aliphatic carbocycles. The van der Waals surface area contributed by atoms with Gasteiger partial charge in [-0.15, -0.1) is 11.3 Å². The van der Waals surface area contributed by atoms with E-state index in [0.29, 0.717) is 11.7 Å². The van der Waals surface area contributed by atoms with Gasteiger partial charge in [0.15, 0.2) is 5.13 Å². The Hall–Kier alpha value is -1.16. The maximum Gasteiger partial charge on any atom is 0.273 e. The highest BCUT2D eigenvalue weighted by molar-refractivity contribution is 9.11. The number of thiazole rings is 1. The van der Waals surface area contributed by atoms with Gasteiger partial charge in [-0.2, -0.15) is 0 Å². The summed E-state index contributed by atoms with van der Waals surface area (Å²) in [7, 11) is -3.61. The van der Waals surface area contributed by atoms with Crippen LogP contribution in [0, 0.1) is 0 Å². The summed E-state index contributed by atoms with van der Waals surface area (Å²) in [5.41, 5.74) is 0.735. The molecule has 0 radical (unpaired) electrons. The van der Waals surface area contributed by atoms with Crippen molar-refractivity contribution in [1.29, 1.82) is 0 Å². The van der Waals surface area contributed by atoms with E-state index in [2.05, 4.69) is 25.6 Å². The lowest BCUT2D eigenvalue weighted by Crippen LogP contribution is -2.10. The molecule has 0 saturated heterocycles. The first-order valence-corrected chi connectivity index (χ1v) is 10.2. The minimum absolute atomic E-state index is 0.244. The van der Waals surface area contributed by atoms with Gasteiger partial charge in [-0.05, 0) is 53.2 Å². The predicted molar refractivity (Wildman–Crippen MR) is 93.6 cm³/mol. The molecule has 2 aromatic heterocycles. The van der Waals surface area contributed by atoms with Gasteiger partial charge in [0.1, 0.15) is 9.96 Å². The monoisotopic (exact) mass is 418 g/mol. The maximum absolute atomic E-state index is 12.3. The van der Waals surface area contributed by atoms with Crippen LogP contribution >= 0.6 is 38.6 Å². The molecule has 0 aliphatic rings. The standard InChI is InChI=1S/C13H11BrN2O3S3/c1-2-19-8-3-4-9-10(7-8)20-13(15-9)16-22(17,18)12-6-5-11(14)21-12/h3-7H,2H2,1H3,(H,15,16). The van der Waals surface area contributed by atoms with Crippen molar-refractivity contribution >= 4 is 64.0 Å². The summed E-state index contributed by atoms with van der Waals surface area (Å²) in [5.74, 6) is 0.746. The Bertz CT molecular complexity index is 918. The molecule has 1 aromatic carbocycles. The summed E-state index contributed by atoms with van der Waals surface area (Å²) in [6, 6.07) is 8.75. The second kappa shape index (κ2) is 6.15. The van der Waals surface area contributed by atoms with E-state index in [1.54, 1.807) is 12.1 Å². The molecule has 5 nitrogen and oxygen atoms in total. The molecule has 3 aromatic rings. The molecule has 116 valence electrons. The predicted octanol–water partition coefficient (Wildman–Crippen LogP) is 4.32. The number of aromatic nitrogens is 1. The Labute approximate surface area is 144 Å². The number of halogens is 1. The second-order valence-electron chi connectivity index (χ2n) is 4.25. The lowest BCUT2D eigenvalue weighted by atomic mass is 10.3. The van der Waals surface area contributed by atoms with Crippen molar-refractivity contribution in [2.24, 2.45) is 0 Å². The van der Waals surface area contributed by atoms with Gasteiger partial charge in [0.2, 0.25) is 0 Å². The van der Waals surface area contributed by atoms with Gasteiger partial charge >= 0.3 is 0 Å². The minimum atomic E-state index is -3.61. The number of anilines is 1. The van der Waals surface area contributed by atoms with Crippen molar-refractivity contribution in [3.8, 4) is 5.75 Å². The van der Waals surface area contributed by atoms with Crippen LogP contribution in [-0.2, 0) is 10.0 Å². The topological polar surface area (TPSA) is 68.3 Å². The van der Waals surface area contributed by atoms with Crippen molar-refractivity contribution in [1.82, 2.24) is 4.98 Å². The number of fused-ring (bicyclic) bond motifs is 1. The third kappa shape index (κ3) is 3.27. The molecule has 0 spiro atoms. The van der Waals surface area contributed by atoms with Crippen LogP contribution < -0.4 is 9.46 Å². The number of rotatable bonds is 5. The van der Waals surface area contributed by atoms with Crippen LogP contribution in [-0.4, -0.2) is 20.0 Å². The van der Waals surface area contributed by atoms with Crippen molar-refractivity contribution in [3.63, 3.8) is 0 Å². The first-order valence-electron chi connectivity index (χ1n) is 6.29. The minimum Gasteiger partial charge on any atom is -0.494 e. The van der Waals surface area contributed by atoms with E-state index >= 15 is 0 Å². The fourth-order valence-electron chi connectivity index (χ4n) is 1.81. The highest BCUT2D eigenvalue weighted by Gasteiger charge is 2.18. The highest BCUT2D eigenvalue weighted by Crippen LogP contribution is 2.32. The lowest BCUT2D eigenvalue weighted by Gasteiger charge is -2.01. The molecule has 22 heavy (non-hydrogen) atoms. The molecular weight excluding hydrogens is 408 g/mol. The molecule has 0 amide bonds. The van der Waals surface area contributed by atoms with Gasteiger partial charge in [-0.1, -0.05) is 11.3 Å². The molecule has 2 heterocycles. The average molecular weight is 419 g/mol. The van der Waals surface area contributed by atoms with Crippen LogP contribution in [0.25, 0.3) is 10.2 Å². The van der Waals surface area contributed by atoms with Gasteiger partial charge in [-0.3, -0.25) is 4.72 Å². The molecular formula is C13H11BrN2O3S3. The Morgan fingerprint density at radius 1 is 1.27 bits per heavy atom. The van der Waals surface area contributed by atoms with E-state index in [1.807, 2.05) is 25.1 Å². The number of hydrogen-bond acceptors (Lipinski definition) is 6. The molecule has 0 unspecified atom stereocenters. The average Bonchev–Trinajstić information content (AvgIpc) is 3.04. The van der Waals surface area contributed by atoms with Crippen LogP contribution in [0.15, 0.2) is 38.3 Å². The maximum atomic E-state index is 12.3. The molecule has 1 N–H and O–H groups in total. The number of thiophene rings is 1. The number of hydrogen-bond donors (Lipinski definition) is 1. The van der Waals surface area contributed by atoms with E-state index < -0.39 is 10.0 Å². The highest BCUT2D eigenvalue weighted by atomic mass is 79.9. The van der Waals surface area contributed by atoms with E-state index in [4.69, 9.17) is 4.74 Å². The van der Waals surface area contributed by atoms with Crippen LogP contribution in [0.1, 0.15) is 6.92 Å². The molecule has 0 bridgehead atoms. The molecule has 0 fully saturated rings. The van der Waals surface area contributed by atoms with E-state index in [0.717, 1.165) is 31.1 Å². The summed E-state index contributed by atoms with van der Waals surface area (Å²) >= 11 is 5.69. The molecule has 3 rings (SSSR count). The van der Waals surface area contributed by atoms with Gasteiger partial charge in [0.25, 0.3) is 10.0 Å². The van der Waals surface area contributed by atoms with Gasteiger partial charge < -0.3 is 4.74 Å². The summed E-state index contributed by atoms with van der Waals surface area (Å²) in [5, 5.41) is 0.341. The Balaban J connectivity index is 1.90. The van der Waals surface area contributed by atoms with Gasteiger partial charge in [0.05, 0.1) is 20.6 Å². The van der Waals surface area contributed by atoms with E-state index in [-0.39, 0.29) is 4.21 Å². The van der Waals surface area contributed by atoms with Crippen molar-refractivity contribution in [2.75, 3.05) is 11.3 Å². The van der Waals surface area contributed by atoms with E-state index in [1.165, 1.54) is 11.3 Å². The zero-order chi connectivity index (χ0) is 15.7. The van der Waals surface area contributed by atoms with Crippen LogP contribution in [0.4, 0.5) is 5.13 Å². The second-order valence-corrected chi connectivity index (χ2v) is 9.65. The number of ether oxygens (including phenoxy) is 1. The van der Waals surface area contributed by atoms with Crippen molar-refractivity contribution in [3.05, 3.63) is 34.1 Å². The molecule has 0 aliphatic heterocycles. The Kier molecular flexibility index (Phi) is 4.40. The third-order valence-electron chi connectivity index (χ3n) is 2.71. The quantitative estimate of drug-likeness (QED) is 0.669. The van der Waals surface area contributed by atoms with Crippen LogP contribution in [0.2, 0.25) is 0 Å². The molecule has 9 heteroatoms. The fourth-order valence-corrected chi connectivity index (χ4v) is 5.95. The van der Waals surface area contributed by atoms with E-state index in [9.17, 15) is 8.42 Å². The van der Waals surface area contributed by atoms with Crippen molar-refractivity contribution in [2.45, 2.75) is 11.1 Å². The third-order valence-corrected chi connectivity index (χ3v) is 7.22. The summed E-state index contributed by atoms with van der Waals surface area (Å²) in [6.45, 7) is 2.49. The number of nitrogens with zero attached hydrogens (tertiary/aromatic N) is 1. The Morgan fingerprint density at radius 3 is 2.77 bits per heavy atom. The van der Waals surface area contributed by atoms with Crippen LogP contribution in [0.5, 0.6) is 5.75 Å². The molecule has 0 atom stereocenters. The van der Waals surface area contributed by atoms with Crippen LogP contribution in [0.3, 0.4) is 0 Å². The summed E-state index contributed by atoms with van der Waals surface area (Å²) < 4.78 is 34.4. The molecule has 0 saturated carbocycles. The number of sulfonamides is 1. The van der Waals surface area contributed by atoms with Crippen molar-refractivity contribution < 1.29 is 13.2 Å². The first kappa shape index (κ1) is 15.7. The fraction of sp³-hybridized carbons (Fsp3) is 0.154. The Morgan fingerprint density at radius 2 is 2.09 bits per heavy atom. The number of nitrogens with one attached hydrogen (secondary N) is 1. The smallest absolute Gasteiger partial charge is 0.273 e.